The third-order valence-electron chi connectivity index (χ3n) is 3.01. The molecule has 5 heteroatoms. The van der Waals surface area contributed by atoms with Crippen molar-refractivity contribution < 1.29 is 9.53 Å². The van der Waals surface area contributed by atoms with Crippen molar-refractivity contribution in [3.8, 4) is 0 Å². The molecule has 94 valence electrons. The van der Waals surface area contributed by atoms with E-state index in [0.29, 0.717) is 25.4 Å². The van der Waals surface area contributed by atoms with Crippen LogP contribution in [-0.2, 0) is 23.1 Å². The third kappa shape index (κ3) is 3.38. The van der Waals surface area contributed by atoms with Crippen molar-refractivity contribution in [3.63, 3.8) is 0 Å². The second kappa shape index (κ2) is 5.42. The van der Waals surface area contributed by atoms with Gasteiger partial charge in [0.25, 0.3) is 0 Å². The van der Waals surface area contributed by atoms with Crippen LogP contribution >= 0.6 is 0 Å². The van der Waals surface area contributed by atoms with E-state index in [1.54, 1.807) is 4.68 Å². The number of hydrogen-bond acceptors (Lipinski definition) is 4. The average Bonchev–Trinajstić information content (AvgIpc) is 2.67. The highest BCUT2D eigenvalue weighted by Gasteiger charge is 2.24. The molecule has 0 N–H and O–H groups in total. The minimum Gasteiger partial charge on any atom is -0.380 e. The molecule has 0 radical (unpaired) electrons. The van der Waals surface area contributed by atoms with Crippen LogP contribution in [0.2, 0.25) is 0 Å². The maximum Gasteiger partial charge on any atom is 0.141 e. The summed E-state index contributed by atoms with van der Waals surface area (Å²) in [4.78, 5) is 13.8. The summed E-state index contributed by atoms with van der Waals surface area (Å²) in [5, 5.41) is 4.13. The molecule has 1 unspecified atom stereocenters. The fourth-order valence-electron chi connectivity index (χ4n) is 2.16. The highest BCUT2D eigenvalue weighted by molar-refractivity contribution is 5.82. The number of ketones is 1. The molecular weight excluding hydrogens is 218 g/mol. The van der Waals surface area contributed by atoms with Crippen LogP contribution in [0.5, 0.6) is 0 Å². The Morgan fingerprint density at radius 3 is 3.12 bits per heavy atom. The van der Waals surface area contributed by atoms with E-state index in [4.69, 9.17) is 4.74 Å². The van der Waals surface area contributed by atoms with Gasteiger partial charge in [-0.3, -0.25) is 9.48 Å². The molecule has 1 saturated heterocycles. The summed E-state index contributed by atoms with van der Waals surface area (Å²) in [5.41, 5.74) is 1.17. The summed E-state index contributed by atoms with van der Waals surface area (Å²) < 4.78 is 7.13. The Bertz CT molecular complexity index is 389. The van der Waals surface area contributed by atoms with Crippen LogP contribution < -0.4 is 0 Å². The highest BCUT2D eigenvalue weighted by Crippen LogP contribution is 2.12. The Kier molecular flexibility index (Phi) is 3.91. The Balaban J connectivity index is 1.84. The number of hydrogen-bond donors (Lipinski definition) is 0. The number of rotatable bonds is 4. The first-order valence-corrected chi connectivity index (χ1v) is 5.91. The predicted molar refractivity (Wildman–Crippen MR) is 63.5 cm³/mol. The first-order chi connectivity index (χ1) is 8.15. The van der Waals surface area contributed by atoms with Gasteiger partial charge in [0.2, 0.25) is 0 Å². The number of nitrogens with zero attached hydrogens (tertiary/aromatic N) is 3. The molecule has 2 rings (SSSR count). The van der Waals surface area contributed by atoms with E-state index in [-0.39, 0.29) is 5.92 Å². The molecule has 2 heterocycles. The molecule has 0 spiro atoms. The van der Waals surface area contributed by atoms with Gasteiger partial charge in [0, 0.05) is 38.3 Å². The van der Waals surface area contributed by atoms with E-state index < -0.39 is 0 Å². The van der Waals surface area contributed by atoms with Gasteiger partial charge in [0.15, 0.2) is 0 Å². The fourth-order valence-corrected chi connectivity index (χ4v) is 2.16. The van der Waals surface area contributed by atoms with E-state index in [9.17, 15) is 4.79 Å². The van der Waals surface area contributed by atoms with Crippen LogP contribution in [0.4, 0.5) is 0 Å². The minimum atomic E-state index is 0.0328. The molecule has 17 heavy (non-hydrogen) atoms. The number of aromatic nitrogens is 2. The molecule has 1 atom stereocenters. The Morgan fingerprint density at radius 2 is 2.47 bits per heavy atom. The lowest BCUT2D eigenvalue weighted by atomic mass is 10.00. The zero-order valence-electron chi connectivity index (χ0n) is 10.4. The van der Waals surface area contributed by atoms with Crippen LogP contribution in [0.1, 0.15) is 12.0 Å². The zero-order chi connectivity index (χ0) is 12.3. The molecule has 0 saturated carbocycles. The summed E-state index contributed by atoms with van der Waals surface area (Å²) in [5.74, 6) is 0.361. The Labute approximate surface area is 101 Å². The predicted octanol–water partition coefficient (Wildman–Crippen LogP) is 0.458. The van der Waals surface area contributed by atoms with Crippen molar-refractivity contribution in [1.29, 1.82) is 0 Å². The van der Waals surface area contributed by atoms with E-state index in [1.807, 2.05) is 26.5 Å². The van der Waals surface area contributed by atoms with Crippen LogP contribution in [-0.4, -0.2) is 47.3 Å². The summed E-state index contributed by atoms with van der Waals surface area (Å²) in [7, 11) is 3.93. The number of carbonyl (C=O) groups excluding carboxylic acids is 1. The molecule has 1 aliphatic rings. The molecule has 1 aromatic heterocycles. The molecule has 1 fully saturated rings. The second-order valence-electron chi connectivity index (χ2n) is 4.71. The lowest BCUT2D eigenvalue weighted by molar-refractivity contribution is -0.131. The van der Waals surface area contributed by atoms with Gasteiger partial charge >= 0.3 is 0 Å². The molecule has 5 nitrogen and oxygen atoms in total. The lowest BCUT2D eigenvalue weighted by Crippen LogP contribution is -2.36. The molecule has 0 amide bonds. The SMILES string of the molecule is CN(Cc1cnn(C)c1)CC1COCCC1=O. The summed E-state index contributed by atoms with van der Waals surface area (Å²) in [6, 6.07) is 0. The zero-order valence-corrected chi connectivity index (χ0v) is 10.4. The number of ether oxygens (including phenoxy) is 1. The van der Waals surface area contributed by atoms with Crippen molar-refractivity contribution in [3.05, 3.63) is 18.0 Å². The van der Waals surface area contributed by atoms with Crippen LogP contribution in [0.3, 0.4) is 0 Å². The quantitative estimate of drug-likeness (QED) is 0.763. The number of carbonyl (C=O) groups is 1. The molecule has 1 aliphatic heterocycles. The van der Waals surface area contributed by atoms with Gasteiger partial charge in [-0.2, -0.15) is 5.10 Å². The van der Waals surface area contributed by atoms with Crippen molar-refractivity contribution in [2.75, 3.05) is 26.8 Å². The van der Waals surface area contributed by atoms with Gasteiger partial charge in [-0.1, -0.05) is 0 Å². The van der Waals surface area contributed by atoms with E-state index in [1.165, 1.54) is 5.56 Å². The summed E-state index contributed by atoms with van der Waals surface area (Å²) >= 11 is 0. The minimum absolute atomic E-state index is 0.0328. The van der Waals surface area contributed by atoms with Crippen LogP contribution in [0.15, 0.2) is 12.4 Å². The van der Waals surface area contributed by atoms with Gasteiger partial charge in [-0.15, -0.1) is 0 Å². The molecule has 1 aromatic rings. The molecule has 0 aliphatic carbocycles. The van der Waals surface area contributed by atoms with Crippen LogP contribution in [0.25, 0.3) is 0 Å². The summed E-state index contributed by atoms with van der Waals surface area (Å²) in [6.45, 7) is 2.73. The normalized spacial score (nSPS) is 21.1. The van der Waals surface area contributed by atoms with Crippen molar-refractivity contribution in [2.24, 2.45) is 13.0 Å². The number of Topliss-reactive ketones (excluding diaryl/α,β-unsaturated/α-hetero) is 1. The van der Waals surface area contributed by atoms with Gasteiger partial charge < -0.3 is 9.64 Å². The first-order valence-electron chi connectivity index (χ1n) is 5.91. The van der Waals surface area contributed by atoms with Gasteiger partial charge in [0.05, 0.1) is 25.3 Å². The Hall–Kier alpha value is -1.20. The standard InChI is InChI=1S/C12H19N3O2/c1-14(6-10-5-13-15(2)7-10)8-11-9-17-4-3-12(11)16/h5,7,11H,3-4,6,8-9H2,1-2H3. The molecule has 0 bridgehead atoms. The first kappa shape index (κ1) is 12.3. The fraction of sp³-hybridized carbons (Fsp3) is 0.667. The highest BCUT2D eigenvalue weighted by atomic mass is 16.5. The Morgan fingerprint density at radius 1 is 1.65 bits per heavy atom. The van der Waals surface area contributed by atoms with Crippen molar-refractivity contribution in [2.45, 2.75) is 13.0 Å². The largest absolute Gasteiger partial charge is 0.380 e. The second-order valence-corrected chi connectivity index (χ2v) is 4.71. The van der Waals surface area contributed by atoms with E-state index >= 15 is 0 Å². The maximum absolute atomic E-state index is 11.7. The maximum atomic E-state index is 11.7. The average molecular weight is 237 g/mol. The van der Waals surface area contributed by atoms with Gasteiger partial charge in [0.1, 0.15) is 5.78 Å². The number of aryl methyl sites for hydroxylation is 1. The summed E-state index contributed by atoms with van der Waals surface area (Å²) in [6.07, 6.45) is 4.41. The van der Waals surface area contributed by atoms with Gasteiger partial charge in [-0.25, -0.2) is 0 Å². The smallest absolute Gasteiger partial charge is 0.141 e. The monoisotopic (exact) mass is 237 g/mol. The molecular formula is C12H19N3O2. The van der Waals surface area contributed by atoms with Crippen molar-refractivity contribution in [1.82, 2.24) is 14.7 Å². The van der Waals surface area contributed by atoms with E-state index in [2.05, 4.69) is 10.00 Å². The lowest BCUT2D eigenvalue weighted by Gasteiger charge is -2.25. The third-order valence-corrected chi connectivity index (χ3v) is 3.01. The molecule has 0 aromatic carbocycles. The van der Waals surface area contributed by atoms with Gasteiger partial charge in [-0.05, 0) is 7.05 Å². The topological polar surface area (TPSA) is 47.4 Å². The van der Waals surface area contributed by atoms with E-state index in [0.717, 1.165) is 13.1 Å². The van der Waals surface area contributed by atoms with Crippen molar-refractivity contribution >= 4 is 5.78 Å². The van der Waals surface area contributed by atoms with Crippen LogP contribution in [0, 0.1) is 5.92 Å².